The van der Waals surface area contributed by atoms with E-state index >= 15 is 0 Å². The number of hydrogen-bond donors (Lipinski definition) is 2. The lowest BCUT2D eigenvalue weighted by Gasteiger charge is -2.06. The molecule has 0 radical (unpaired) electrons. The summed E-state index contributed by atoms with van der Waals surface area (Å²) in [4.78, 5) is 0.0692. The van der Waals surface area contributed by atoms with Gasteiger partial charge in [0.25, 0.3) is 0 Å². The Morgan fingerprint density at radius 1 is 1.29 bits per heavy atom. The fourth-order valence-electron chi connectivity index (χ4n) is 1.67. The van der Waals surface area contributed by atoms with Crippen molar-refractivity contribution < 1.29 is 22.3 Å². The third-order valence-corrected chi connectivity index (χ3v) is 6.30. The molecule has 0 saturated carbocycles. The Balaban J connectivity index is 2.52. The largest absolute Gasteiger partial charge is 0.508 e. The number of rotatable bonds is 4. The van der Waals surface area contributed by atoms with Gasteiger partial charge in [-0.2, -0.15) is 5.26 Å². The normalized spacial score (nSPS) is 12.8. The average Bonchev–Trinajstić information content (AvgIpc) is 2.86. The van der Waals surface area contributed by atoms with Crippen LogP contribution in [0.15, 0.2) is 39.4 Å². The molecule has 1 aromatic heterocycles. The van der Waals surface area contributed by atoms with E-state index in [1.165, 1.54) is 24.3 Å². The van der Waals surface area contributed by atoms with Crippen LogP contribution in [0, 0.1) is 11.3 Å². The molecule has 1 unspecified atom stereocenters. The number of thiophene rings is 1. The Morgan fingerprint density at radius 3 is 2.57 bits per heavy atom. The molecule has 0 aliphatic carbocycles. The number of sulfone groups is 1. The highest BCUT2D eigenvalue weighted by Gasteiger charge is 2.21. The first-order valence-electron chi connectivity index (χ1n) is 5.48. The van der Waals surface area contributed by atoms with Crippen LogP contribution in [-0.2, 0) is 26.7 Å². The summed E-state index contributed by atoms with van der Waals surface area (Å²) in [5.74, 6) is -0.598. The van der Waals surface area contributed by atoms with Crippen LogP contribution in [0.5, 0.6) is 5.75 Å². The molecule has 0 aliphatic rings. The SMILES string of the molecule is N#Cc1ccc(S(=O)(=O)c2cc(O)cc(CS(=O)O)c2)s1. The van der Waals surface area contributed by atoms with E-state index in [0.717, 1.165) is 17.4 Å². The third kappa shape index (κ3) is 3.48. The van der Waals surface area contributed by atoms with Crippen LogP contribution in [0.3, 0.4) is 0 Å². The minimum Gasteiger partial charge on any atom is -0.508 e. The molecule has 110 valence electrons. The van der Waals surface area contributed by atoms with E-state index in [1.54, 1.807) is 0 Å². The Bertz CT molecular complexity index is 848. The summed E-state index contributed by atoms with van der Waals surface area (Å²) in [6.45, 7) is 0. The van der Waals surface area contributed by atoms with Crippen molar-refractivity contribution in [2.75, 3.05) is 0 Å². The fourth-order valence-corrected chi connectivity index (χ4v) is 4.71. The lowest BCUT2D eigenvalue weighted by atomic mass is 10.2. The van der Waals surface area contributed by atoms with Gasteiger partial charge in [-0.25, -0.2) is 12.6 Å². The predicted molar refractivity (Wildman–Crippen MR) is 77.1 cm³/mol. The number of nitriles is 1. The smallest absolute Gasteiger partial charge is 0.216 e. The Hall–Kier alpha value is -1.73. The molecule has 0 bridgehead atoms. The van der Waals surface area contributed by atoms with Gasteiger partial charge in [0.05, 0.1) is 10.6 Å². The summed E-state index contributed by atoms with van der Waals surface area (Å²) in [5, 5.41) is 18.3. The molecule has 0 aliphatic heterocycles. The quantitative estimate of drug-likeness (QED) is 0.819. The van der Waals surface area contributed by atoms with Crippen molar-refractivity contribution in [1.29, 1.82) is 5.26 Å². The van der Waals surface area contributed by atoms with Crippen molar-refractivity contribution in [3.63, 3.8) is 0 Å². The molecule has 6 nitrogen and oxygen atoms in total. The van der Waals surface area contributed by atoms with Gasteiger partial charge < -0.3 is 9.66 Å². The lowest BCUT2D eigenvalue weighted by molar-refractivity contribution is 0.472. The molecule has 0 fully saturated rings. The summed E-state index contributed by atoms with van der Waals surface area (Å²) in [5.41, 5.74) is 0.228. The zero-order chi connectivity index (χ0) is 15.6. The Morgan fingerprint density at radius 2 is 2.00 bits per heavy atom. The van der Waals surface area contributed by atoms with Crippen LogP contribution >= 0.6 is 11.3 Å². The summed E-state index contributed by atoms with van der Waals surface area (Å²) >= 11 is -1.33. The van der Waals surface area contributed by atoms with Crippen LogP contribution in [0.4, 0.5) is 0 Å². The van der Waals surface area contributed by atoms with Crippen molar-refractivity contribution >= 4 is 32.3 Å². The first-order valence-corrected chi connectivity index (χ1v) is 9.06. The van der Waals surface area contributed by atoms with E-state index in [1.807, 2.05) is 6.07 Å². The van der Waals surface area contributed by atoms with Crippen molar-refractivity contribution in [1.82, 2.24) is 0 Å². The first-order chi connectivity index (χ1) is 9.82. The number of benzene rings is 1. The summed E-state index contributed by atoms with van der Waals surface area (Å²) < 4.78 is 44.4. The molecule has 2 aromatic rings. The molecule has 0 spiro atoms. The summed E-state index contributed by atoms with van der Waals surface area (Å²) in [7, 11) is -3.88. The lowest BCUT2D eigenvalue weighted by Crippen LogP contribution is -2.02. The number of nitrogens with zero attached hydrogens (tertiary/aromatic N) is 1. The number of hydrogen-bond acceptors (Lipinski definition) is 6. The van der Waals surface area contributed by atoms with E-state index in [4.69, 9.17) is 9.81 Å². The molecule has 2 N–H and O–H groups in total. The van der Waals surface area contributed by atoms with Gasteiger partial charge in [0, 0.05) is 0 Å². The molecule has 0 amide bonds. The molecular weight excluding hydrogens is 334 g/mol. The molecule has 9 heteroatoms. The van der Waals surface area contributed by atoms with E-state index < -0.39 is 20.9 Å². The molecule has 1 heterocycles. The topological polar surface area (TPSA) is 115 Å². The molecular formula is C12H9NO5S3. The maximum Gasteiger partial charge on any atom is 0.216 e. The second-order valence-corrected chi connectivity index (χ2v) is 8.23. The van der Waals surface area contributed by atoms with E-state index in [9.17, 15) is 17.7 Å². The van der Waals surface area contributed by atoms with Gasteiger partial charge in [-0.05, 0) is 35.9 Å². The maximum atomic E-state index is 12.4. The molecule has 1 aromatic carbocycles. The zero-order valence-electron chi connectivity index (χ0n) is 10.4. The summed E-state index contributed by atoms with van der Waals surface area (Å²) in [6, 6.07) is 8.07. The van der Waals surface area contributed by atoms with E-state index in [0.29, 0.717) is 0 Å². The highest BCUT2D eigenvalue weighted by atomic mass is 32.2. The zero-order valence-corrected chi connectivity index (χ0v) is 12.8. The molecule has 1 atom stereocenters. The second kappa shape index (κ2) is 5.95. The van der Waals surface area contributed by atoms with E-state index in [-0.39, 0.29) is 31.0 Å². The highest BCUT2D eigenvalue weighted by Crippen LogP contribution is 2.30. The predicted octanol–water partition coefficient (Wildman–Crippen LogP) is 1.88. The van der Waals surface area contributed by atoms with Crippen LogP contribution in [0.1, 0.15) is 10.4 Å². The Labute approximate surface area is 127 Å². The second-order valence-electron chi connectivity index (χ2n) is 4.03. The minimum atomic E-state index is -3.88. The molecule has 0 saturated heterocycles. The van der Waals surface area contributed by atoms with Crippen molar-refractivity contribution in [2.24, 2.45) is 0 Å². The molecule has 2 rings (SSSR count). The number of phenolic OH excluding ortho intramolecular Hbond substituents is 1. The summed E-state index contributed by atoms with van der Waals surface area (Å²) in [6.07, 6.45) is 0. The van der Waals surface area contributed by atoms with Crippen LogP contribution < -0.4 is 0 Å². The molecule has 21 heavy (non-hydrogen) atoms. The van der Waals surface area contributed by atoms with E-state index in [2.05, 4.69) is 0 Å². The number of aromatic hydroxyl groups is 1. The maximum absolute atomic E-state index is 12.4. The first kappa shape index (κ1) is 15.7. The van der Waals surface area contributed by atoms with Gasteiger partial charge in [0.2, 0.25) is 9.84 Å². The minimum absolute atomic E-state index is 0.0271. The van der Waals surface area contributed by atoms with Crippen molar-refractivity contribution in [2.45, 2.75) is 14.9 Å². The van der Waals surface area contributed by atoms with Gasteiger partial charge in [0.15, 0.2) is 11.1 Å². The standard InChI is InChI=1S/C12H9NO5S3/c13-6-10-1-2-12(19-10)21(17,18)11-4-8(7-20(15)16)3-9(14)5-11/h1-5,14H,7H2,(H,15,16). The van der Waals surface area contributed by atoms with Crippen LogP contribution in [-0.4, -0.2) is 22.3 Å². The van der Waals surface area contributed by atoms with Crippen molar-refractivity contribution in [3.05, 3.63) is 40.8 Å². The van der Waals surface area contributed by atoms with Crippen LogP contribution in [0.2, 0.25) is 0 Å². The van der Waals surface area contributed by atoms with Gasteiger partial charge in [-0.15, -0.1) is 11.3 Å². The fraction of sp³-hybridized carbons (Fsp3) is 0.0833. The third-order valence-electron chi connectivity index (χ3n) is 2.51. The average molecular weight is 343 g/mol. The van der Waals surface area contributed by atoms with Gasteiger partial charge >= 0.3 is 0 Å². The van der Waals surface area contributed by atoms with Crippen molar-refractivity contribution in [3.8, 4) is 11.8 Å². The van der Waals surface area contributed by atoms with Gasteiger partial charge in [0.1, 0.15) is 20.9 Å². The van der Waals surface area contributed by atoms with Gasteiger partial charge in [-0.3, -0.25) is 0 Å². The Kier molecular flexibility index (Phi) is 4.43. The highest BCUT2D eigenvalue weighted by molar-refractivity contribution is 7.93. The monoisotopic (exact) mass is 343 g/mol. The van der Waals surface area contributed by atoms with Crippen LogP contribution in [0.25, 0.3) is 0 Å². The van der Waals surface area contributed by atoms with Gasteiger partial charge in [-0.1, -0.05) is 0 Å². The number of phenols is 1.